The molecular weight excluding hydrogens is 226 g/mol. The second-order valence-electron chi connectivity index (χ2n) is 5.97. The number of rotatable bonds is 4. The van der Waals surface area contributed by atoms with Crippen LogP contribution in [0.4, 0.5) is 0 Å². The van der Waals surface area contributed by atoms with Gasteiger partial charge in [0, 0.05) is 6.04 Å². The molecule has 0 saturated heterocycles. The van der Waals surface area contributed by atoms with E-state index in [1.807, 2.05) is 6.07 Å². The van der Waals surface area contributed by atoms with Gasteiger partial charge in [0.25, 0.3) is 0 Å². The van der Waals surface area contributed by atoms with Crippen LogP contribution in [0, 0.1) is 0 Å². The summed E-state index contributed by atoms with van der Waals surface area (Å²) in [6, 6.07) is 8.82. The summed E-state index contributed by atoms with van der Waals surface area (Å²) in [6.45, 7) is 6.16. The van der Waals surface area contributed by atoms with E-state index >= 15 is 0 Å². The van der Waals surface area contributed by atoms with Crippen LogP contribution in [0.25, 0.3) is 0 Å². The number of hydrogen-bond acceptors (Lipinski definition) is 3. The average Bonchev–Trinajstić information content (AvgIpc) is 2.25. The second kappa shape index (κ2) is 5.29. The highest BCUT2D eigenvalue weighted by molar-refractivity contribution is 5.32. The molecule has 18 heavy (non-hydrogen) atoms. The number of ether oxygens (including phenoxy) is 1. The van der Waals surface area contributed by atoms with Gasteiger partial charge in [-0.25, -0.2) is 0 Å². The standard InChI is InChI=1S/C15H23NO2/c1-15(2,3)18-16-13-8-12(9-13)11-6-5-7-14(10-11)17-4/h5-7,10,12-13,16H,8-9H2,1-4H3. The Morgan fingerprint density at radius 1 is 1.22 bits per heavy atom. The van der Waals surface area contributed by atoms with E-state index in [1.54, 1.807) is 7.11 Å². The van der Waals surface area contributed by atoms with Crippen LogP contribution in [-0.4, -0.2) is 18.8 Å². The Morgan fingerprint density at radius 2 is 1.94 bits per heavy atom. The molecule has 0 unspecified atom stereocenters. The minimum Gasteiger partial charge on any atom is -0.497 e. The first-order chi connectivity index (χ1) is 8.48. The van der Waals surface area contributed by atoms with E-state index in [1.165, 1.54) is 5.56 Å². The lowest BCUT2D eigenvalue weighted by Crippen LogP contribution is -2.43. The summed E-state index contributed by atoms with van der Waals surface area (Å²) in [6.07, 6.45) is 2.26. The fraction of sp³-hybridized carbons (Fsp3) is 0.600. The smallest absolute Gasteiger partial charge is 0.119 e. The molecule has 1 aliphatic rings. The Morgan fingerprint density at radius 3 is 2.56 bits per heavy atom. The van der Waals surface area contributed by atoms with Crippen LogP contribution in [-0.2, 0) is 4.84 Å². The molecule has 1 aromatic rings. The lowest BCUT2D eigenvalue weighted by Gasteiger charge is -2.37. The maximum Gasteiger partial charge on any atom is 0.119 e. The molecule has 3 heteroatoms. The van der Waals surface area contributed by atoms with Crippen molar-refractivity contribution in [1.29, 1.82) is 0 Å². The van der Waals surface area contributed by atoms with Crippen LogP contribution < -0.4 is 10.2 Å². The van der Waals surface area contributed by atoms with Crippen LogP contribution in [0.1, 0.15) is 45.1 Å². The Hall–Kier alpha value is -1.06. The summed E-state index contributed by atoms with van der Waals surface area (Å²) in [5, 5.41) is 0. The molecule has 1 aliphatic carbocycles. The van der Waals surface area contributed by atoms with Crippen molar-refractivity contribution in [3.8, 4) is 5.75 Å². The maximum atomic E-state index is 5.59. The molecule has 3 nitrogen and oxygen atoms in total. The second-order valence-corrected chi connectivity index (χ2v) is 5.97. The van der Waals surface area contributed by atoms with E-state index < -0.39 is 0 Å². The first-order valence-electron chi connectivity index (χ1n) is 6.55. The molecule has 0 amide bonds. The summed E-state index contributed by atoms with van der Waals surface area (Å²) < 4.78 is 5.25. The zero-order valence-electron chi connectivity index (χ0n) is 11.7. The molecule has 1 aromatic carbocycles. The predicted molar refractivity (Wildman–Crippen MR) is 72.7 cm³/mol. The van der Waals surface area contributed by atoms with Gasteiger partial charge in [-0.2, -0.15) is 5.48 Å². The zero-order chi connectivity index (χ0) is 13.2. The molecule has 0 bridgehead atoms. The van der Waals surface area contributed by atoms with Gasteiger partial charge in [-0.05, 0) is 57.2 Å². The fourth-order valence-electron chi connectivity index (χ4n) is 2.14. The Kier molecular flexibility index (Phi) is 3.93. The van der Waals surface area contributed by atoms with Gasteiger partial charge in [-0.1, -0.05) is 12.1 Å². The quantitative estimate of drug-likeness (QED) is 0.831. The van der Waals surface area contributed by atoms with Gasteiger partial charge in [0.1, 0.15) is 5.75 Å². The summed E-state index contributed by atoms with van der Waals surface area (Å²) in [5.74, 6) is 1.57. The van der Waals surface area contributed by atoms with Gasteiger partial charge >= 0.3 is 0 Å². The molecule has 0 radical (unpaired) electrons. The summed E-state index contributed by atoms with van der Waals surface area (Å²) in [7, 11) is 1.71. The third-order valence-electron chi connectivity index (χ3n) is 3.24. The third kappa shape index (κ3) is 3.47. The molecule has 0 spiro atoms. The lowest BCUT2D eigenvalue weighted by atomic mass is 9.76. The Balaban J connectivity index is 1.81. The topological polar surface area (TPSA) is 30.5 Å². The van der Waals surface area contributed by atoms with E-state index in [0.717, 1.165) is 18.6 Å². The van der Waals surface area contributed by atoms with Crippen molar-refractivity contribution >= 4 is 0 Å². The first kappa shape index (κ1) is 13.4. The molecule has 100 valence electrons. The SMILES string of the molecule is COc1cccc(C2CC(NOC(C)(C)C)C2)c1. The van der Waals surface area contributed by atoms with Crippen LogP contribution >= 0.6 is 0 Å². The van der Waals surface area contributed by atoms with Crippen molar-refractivity contribution in [3.63, 3.8) is 0 Å². The number of benzene rings is 1. The van der Waals surface area contributed by atoms with Gasteiger partial charge in [0.05, 0.1) is 12.7 Å². The zero-order valence-corrected chi connectivity index (χ0v) is 11.7. The molecule has 0 heterocycles. The minimum atomic E-state index is -0.124. The summed E-state index contributed by atoms with van der Waals surface area (Å²) >= 11 is 0. The van der Waals surface area contributed by atoms with E-state index in [4.69, 9.17) is 9.57 Å². The van der Waals surface area contributed by atoms with Crippen LogP contribution in [0.3, 0.4) is 0 Å². The normalized spacial score (nSPS) is 23.6. The Labute approximate surface area is 109 Å². The molecule has 0 aliphatic heterocycles. The fourth-order valence-corrected chi connectivity index (χ4v) is 2.14. The van der Waals surface area contributed by atoms with Crippen molar-refractivity contribution in [2.45, 2.75) is 51.2 Å². The monoisotopic (exact) mass is 249 g/mol. The van der Waals surface area contributed by atoms with Crippen molar-refractivity contribution in [2.24, 2.45) is 0 Å². The van der Waals surface area contributed by atoms with Gasteiger partial charge in [0.15, 0.2) is 0 Å². The lowest BCUT2D eigenvalue weighted by molar-refractivity contribution is -0.101. The van der Waals surface area contributed by atoms with E-state index in [-0.39, 0.29) is 5.60 Å². The molecule has 1 N–H and O–H groups in total. The van der Waals surface area contributed by atoms with Crippen molar-refractivity contribution in [3.05, 3.63) is 29.8 Å². The van der Waals surface area contributed by atoms with Crippen molar-refractivity contribution in [2.75, 3.05) is 7.11 Å². The first-order valence-corrected chi connectivity index (χ1v) is 6.55. The van der Waals surface area contributed by atoms with E-state index in [0.29, 0.717) is 12.0 Å². The highest BCUT2D eigenvalue weighted by atomic mass is 16.7. The van der Waals surface area contributed by atoms with Crippen molar-refractivity contribution in [1.82, 2.24) is 5.48 Å². The van der Waals surface area contributed by atoms with Crippen LogP contribution in [0.2, 0.25) is 0 Å². The van der Waals surface area contributed by atoms with E-state index in [2.05, 4.69) is 44.5 Å². The summed E-state index contributed by atoms with van der Waals surface area (Å²) in [4.78, 5) is 5.59. The van der Waals surface area contributed by atoms with Gasteiger partial charge in [-0.3, -0.25) is 4.84 Å². The number of hydrogen-bond donors (Lipinski definition) is 1. The van der Waals surface area contributed by atoms with Gasteiger partial charge in [0.2, 0.25) is 0 Å². The van der Waals surface area contributed by atoms with Crippen LogP contribution in [0.5, 0.6) is 5.75 Å². The largest absolute Gasteiger partial charge is 0.497 e. The predicted octanol–water partition coefficient (Wildman–Crippen LogP) is 3.26. The Bertz CT molecular complexity index is 392. The highest BCUT2D eigenvalue weighted by Crippen LogP contribution is 2.38. The minimum absolute atomic E-state index is 0.124. The molecule has 2 rings (SSSR count). The molecule has 0 atom stereocenters. The van der Waals surface area contributed by atoms with Gasteiger partial charge in [-0.15, -0.1) is 0 Å². The summed E-state index contributed by atoms with van der Waals surface area (Å²) in [5.41, 5.74) is 4.40. The number of hydroxylamine groups is 1. The van der Waals surface area contributed by atoms with E-state index in [9.17, 15) is 0 Å². The maximum absolute atomic E-state index is 5.59. The van der Waals surface area contributed by atoms with Gasteiger partial charge < -0.3 is 4.74 Å². The average molecular weight is 249 g/mol. The third-order valence-corrected chi connectivity index (χ3v) is 3.24. The molecule has 1 fully saturated rings. The highest BCUT2D eigenvalue weighted by Gasteiger charge is 2.31. The van der Waals surface area contributed by atoms with Crippen molar-refractivity contribution < 1.29 is 9.57 Å². The molecule has 1 saturated carbocycles. The van der Waals surface area contributed by atoms with Crippen LogP contribution in [0.15, 0.2) is 24.3 Å². The number of methoxy groups -OCH3 is 1. The molecule has 0 aromatic heterocycles. The molecular formula is C15H23NO2. The number of nitrogens with one attached hydrogen (secondary N) is 1.